The lowest BCUT2D eigenvalue weighted by molar-refractivity contribution is -0.142. The van der Waals surface area contributed by atoms with E-state index in [9.17, 15) is 9.59 Å². The van der Waals surface area contributed by atoms with Gasteiger partial charge in [-0.3, -0.25) is 9.59 Å². The molecule has 0 saturated heterocycles. The van der Waals surface area contributed by atoms with Gasteiger partial charge < -0.3 is 4.90 Å². The number of rotatable bonds is 4. The van der Waals surface area contributed by atoms with E-state index in [1.54, 1.807) is 18.4 Å². The number of ketones is 1. The van der Waals surface area contributed by atoms with E-state index in [1.807, 2.05) is 12.1 Å². The van der Waals surface area contributed by atoms with Crippen molar-refractivity contribution in [1.29, 1.82) is 0 Å². The molecule has 1 rings (SSSR count). The van der Waals surface area contributed by atoms with Crippen LogP contribution in [0.25, 0.3) is 0 Å². The third-order valence-corrected chi connectivity index (χ3v) is 3.65. The minimum Gasteiger partial charge on any atom is -0.339 e. The van der Waals surface area contributed by atoms with Crippen LogP contribution in [0.5, 0.6) is 0 Å². The zero-order valence-electron chi connectivity index (χ0n) is 8.62. The number of amides is 1. The van der Waals surface area contributed by atoms with E-state index >= 15 is 0 Å². The minimum absolute atomic E-state index is 0.412. The Morgan fingerprint density at radius 2 is 2.13 bits per heavy atom. The number of hydrogen-bond acceptors (Lipinski definition) is 3. The number of likely N-dealkylation sites (N-methyl/N-ethyl adjacent to an activating group) is 1. The lowest BCUT2D eigenvalue weighted by atomic mass is 10.3. The van der Waals surface area contributed by atoms with Crippen LogP contribution < -0.4 is 0 Å². The molecule has 0 aliphatic rings. The smallest absolute Gasteiger partial charge is 0.289 e. The van der Waals surface area contributed by atoms with Crippen molar-refractivity contribution in [1.82, 2.24) is 4.90 Å². The van der Waals surface area contributed by atoms with Crippen LogP contribution in [0, 0.1) is 0 Å². The van der Waals surface area contributed by atoms with Gasteiger partial charge in [-0.1, -0.05) is 0 Å². The summed E-state index contributed by atoms with van der Waals surface area (Å²) >= 11 is 5.02. The molecule has 15 heavy (non-hydrogen) atoms. The second kappa shape index (κ2) is 5.42. The first-order valence-electron chi connectivity index (χ1n) is 4.51. The number of carbonyl (C=O) groups is 2. The highest BCUT2D eigenvalue weighted by Gasteiger charge is 2.13. The maximum Gasteiger partial charge on any atom is 0.289 e. The molecule has 0 N–H and O–H groups in total. The van der Waals surface area contributed by atoms with Crippen LogP contribution in [0.1, 0.15) is 11.8 Å². The van der Waals surface area contributed by atoms with E-state index in [0.29, 0.717) is 6.54 Å². The van der Waals surface area contributed by atoms with Crippen molar-refractivity contribution in [2.24, 2.45) is 0 Å². The van der Waals surface area contributed by atoms with Crippen molar-refractivity contribution in [3.8, 4) is 0 Å². The highest BCUT2D eigenvalue weighted by molar-refractivity contribution is 9.11. The average Bonchev–Trinajstić information content (AvgIpc) is 2.59. The second-order valence-electron chi connectivity index (χ2n) is 3.24. The van der Waals surface area contributed by atoms with Gasteiger partial charge in [0.25, 0.3) is 5.91 Å². The highest BCUT2D eigenvalue weighted by Crippen LogP contribution is 2.22. The summed E-state index contributed by atoms with van der Waals surface area (Å²) in [5.41, 5.74) is 0. The van der Waals surface area contributed by atoms with Crippen molar-refractivity contribution >= 4 is 39.0 Å². The van der Waals surface area contributed by atoms with Gasteiger partial charge in [0.05, 0.1) is 3.79 Å². The lowest BCUT2D eigenvalue weighted by Gasteiger charge is -2.14. The van der Waals surface area contributed by atoms with Gasteiger partial charge in [0.15, 0.2) is 0 Å². The van der Waals surface area contributed by atoms with Crippen LogP contribution in [0.3, 0.4) is 0 Å². The standard InChI is InChI=1S/C10H12BrNO2S/c1-7(13)10(14)12(2)6-5-8-3-4-9(11)15-8/h3-4H,5-6H2,1-2H3. The summed E-state index contributed by atoms with van der Waals surface area (Å²) < 4.78 is 1.08. The number of hydrogen-bond donors (Lipinski definition) is 0. The average molecular weight is 290 g/mol. The molecule has 82 valence electrons. The van der Waals surface area contributed by atoms with E-state index in [2.05, 4.69) is 15.9 Å². The Balaban J connectivity index is 2.44. The third kappa shape index (κ3) is 3.76. The van der Waals surface area contributed by atoms with Crippen LogP contribution in [0.2, 0.25) is 0 Å². The topological polar surface area (TPSA) is 37.4 Å². The Labute approximate surface area is 101 Å². The van der Waals surface area contributed by atoms with E-state index < -0.39 is 11.7 Å². The fourth-order valence-electron chi connectivity index (χ4n) is 1.13. The van der Waals surface area contributed by atoms with Crippen LogP contribution in [-0.4, -0.2) is 30.2 Å². The zero-order valence-corrected chi connectivity index (χ0v) is 11.0. The SMILES string of the molecule is CC(=O)C(=O)N(C)CCc1ccc(Br)s1. The van der Waals surface area contributed by atoms with Gasteiger partial charge in [0, 0.05) is 25.4 Å². The Morgan fingerprint density at radius 3 is 2.60 bits per heavy atom. The van der Waals surface area contributed by atoms with Crippen LogP contribution in [0.4, 0.5) is 0 Å². The largest absolute Gasteiger partial charge is 0.339 e. The number of carbonyl (C=O) groups excluding carboxylic acids is 2. The molecule has 0 aliphatic heterocycles. The molecule has 0 saturated carbocycles. The predicted molar refractivity (Wildman–Crippen MR) is 64.0 cm³/mol. The summed E-state index contributed by atoms with van der Waals surface area (Å²) in [4.78, 5) is 24.7. The molecule has 1 heterocycles. The predicted octanol–water partition coefficient (Wildman–Crippen LogP) is 2.10. The van der Waals surface area contributed by atoms with Crippen molar-refractivity contribution in [3.05, 3.63) is 20.8 Å². The van der Waals surface area contributed by atoms with E-state index in [-0.39, 0.29) is 0 Å². The van der Waals surface area contributed by atoms with Crippen molar-refractivity contribution in [3.63, 3.8) is 0 Å². The molecule has 0 fully saturated rings. The van der Waals surface area contributed by atoms with E-state index in [1.165, 1.54) is 16.7 Å². The first kappa shape index (κ1) is 12.4. The summed E-state index contributed by atoms with van der Waals surface area (Å²) in [6.45, 7) is 1.87. The van der Waals surface area contributed by atoms with Gasteiger partial charge in [-0.25, -0.2) is 0 Å². The maximum absolute atomic E-state index is 11.2. The quantitative estimate of drug-likeness (QED) is 0.796. The molecule has 5 heteroatoms. The third-order valence-electron chi connectivity index (χ3n) is 1.97. The molecular formula is C10H12BrNO2S. The zero-order chi connectivity index (χ0) is 11.4. The minimum atomic E-state index is -0.425. The summed E-state index contributed by atoms with van der Waals surface area (Å²) in [5.74, 6) is -0.838. The molecule has 0 aliphatic carbocycles. The Bertz CT molecular complexity index is 375. The molecule has 0 unspecified atom stereocenters. The van der Waals surface area contributed by atoms with Gasteiger partial charge in [-0.15, -0.1) is 11.3 Å². The van der Waals surface area contributed by atoms with Gasteiger partial charge >= 0.3 is 0 Å². The number of nitrogens with zero attached hydrogens (tertiary/aromatic N) is 1. The summed E-state index contributed by atoms with van der Waals surface area (Å²) in [5, 5.41) is 0. The van der Waals surface area contributed by atoms with E-state index in [0.717, 1.165) is 10.2 Å². The van der Waals surface area contributed by atoms with Gasteiger partial charge in [-0.05, 0) is 34.5 Å². The summed E-state index contributed by atoms with van der Waals surface area (Å²) in [6, 6.07) is 3.99. The normalized spacial score (nSPS) is 10.1. The first-order chi connectivity index (χ1) is 7.00. The molecule has 0 bridgehead atoms. The lowest BCUT2D eigenvalue weighted by Crippen LogP contribution is -2.33. The first-order valence-corrected chi connectivity index (χ1v) is 6.12. The van der Waals surface area contributed by atoms with Crippen molar-refractivity contribution in [2.75, 3.05) is 13.6 Å². The molecule has 1 aromatic rings. The van der Waals surface area contributed by atoms with Crippen LogP contribution >= 0.6 is 27.3 Å². The van der Waals surface area contributed by atoms with Gasteiger partial charge in [0.2, 0.25) is 5.78 Å². The molecule has 1 aromatic heterocycles. The second-order valence-corrected chi connectivity index (χ2v) is 5.79. The Kier molecular flexibility index (Phi) is 4.47. The van der Waals surface area contributed by atoms with Gasteiger partial charge in [-0.2, -0.15) is 0 Å². The monoisotopic (exact) mass is 289 g/mol. The number of Topliss-reactive ketones (excluding diaryl/α,β-unsaturated/α-hetero) is 1. The molecule has 3 nitrogen and oxygen atoms in total. The summed E-state index contributed by atoms with van der Waals surface area (Å²) in [7, 11) is 1.65. The van der Waals surface area contributed by atoms with Crippen LogP contribution in [-0.2, 0) is 16.0 Å². The maximum atomic E-state index is 11.2. The van der Waals surface area contributed by atoms with E-state index in [4.69, 9.17) is 0 Å². The Morgan fingerprint density at radius 1 is 1.47 bits per heavy atom. The van der Waals surface area contributed by atoms with Gasteiger partial charge in [0.1, 0.15) is 0 Å². The summed E-state index contributed by atoms with van der Waals surface area (Å²) in [6.07, 6.45) is 0.784. The molecule has 0 spiro atoms. The molecular weight excluding hydrogens is 278 g/mol. The van der Waals surface area contributed by atoms with Crippen LogP contribution in [0.15, 0.2) is 15.9 Å². The number of halogens is 1. The number of thiophene rings is 1. The fraction of sp³-hybridized carbons (Fsp3) is 0.400. The molecule has 0 atom stereocenters. The highest BCUT2D eigenvalue weighted by atomic mass is 79.9. The fourth-order valence-corrected chi connectivity index (χ4v) is 2.61. The molecule has 0 radical (unpaired) electrons. The van der Waals surface area contributed by atoms with Crippen molar-refractivity contribution < 1.29 is 9.59 Å². The Hall–Kier alpha value is -0.680. The molecule has 0 aromatic carbocycles. The molecule has 1 amide bonds. The van der Waals surface area contributed by atoms with Crippen molar-refractivity contribution in [2.45, 2.75) is 13.3 Å².